The number of alkyl halides is 1. The van der Waals surface area contributed by atoms with E-state index < -0.39 is 0 Å². The third-order valence-corrected chi connectivity index (χ3v) is 5.38. The van der Waals surface area contributed by atoms with E-state index in [0.717, 1.165) is 11.3 Å². The van der Waals surface area contributed by atoms with Crippen LogP contribution in [0.3, 0.4) is 0 Å². The van der Waals surface area contributed by atoms with E-state index in [2.05, 4.69) is 9.91 Å². The molecule has 0 aliphatic rings. The molecule has 98 valence electrons. The summed E-state index contributed by atoms with van der Waals surface area (Å²) >= 11 is 7.14. The summed E-state index contributed by atoms with van der Waals surface area (Å²) in [5, 5.41) is 0.960. The van der Waals surface area contributed by atoms with Gasteiger partial charge in [0.15, 0.2) is 0 Å². The molecular weight excluding hydrogens is 388 g/mol. The fourth-order valence-electron chi connectivity index (χ4n) is 1.34. The molecule has 0 amide bonds. The van der Waals surface area contributed by atoms with Crippen molar-refractivity contribution < 1.29 is 30.3 Å². The van der Waals surface area contributed by atoms with Crippen LogP contribution in [0.15, 0.2) is 18.2 Å². The van der Waals surface area contributed by atoms with Crippen LogP contribution in [0, 0.1) is 15.6 Å². The summed E-state index contributed by atoms with van der Waals surface area (Å²) in [4.78, 5) is 6.24. The Bertz CT molecular complexity index is 542. The number of halogens is 3. The topological polar surface area (TPSA) is 22.1 Å². The van der Waals surface area contributed by atoms with E-state index in [1.165, 1.54) is 3.57 Å². The summed E-state index contributed by atoms with van der Waals surface area (Å²) in [6.45, 7) is 1.89. The van der Waals surface area contributed by atoms with Crippen LogP contribution in [0.5, 0.6) is 5.75 Å². The second kappa shape index (κ2) is 6.16. The normalized spacial score (nSPS) is 10.9. The monoisotopic (exact) mass is 398 g/mol. The Morgan fingerprint density at radius 2 is 2.28 bits per heavy atom. The van der Waals surface area contributed by atoms with Gasteiger partial charge in [0, 0.05) is 0 Å². The van der Waals surface area contributed by atoms with E-state index in [4.69, 9.17) is 16.3 Å². The average molecular weight is 399 g/mol. The molecule has 0 radical (unpaired) electrons. The van der Waals surface area contributed by atoms with Crippen molar-refractivity contribution in [3.8, 4) is 5.75 Å². The number of aryl methyl sites for hydroxylation is 1. The molecule has 0 spiro atoms. The van der Waals surface area contributed by atoms with Gasteiger partial charge in [0.2, 0.25) is 0 Å². The van der Waals surface area contributed by atoms with Crippen LogP contribution in [-0.2, 0) is 6.61 Å². The van der Waals surface area contributed by atoms with Gasteiger partial charge < -0.3 is 0 Å². The molecule has 2 nitrogen and oxygen atoms in total. The van der Waals surface area contributed by atoms with Crippen molar-refractivity contribution >= 4 is 22.9 Å². The molecule has 1 aromatic carbocycles. The van der Waals surface area contributed by atoms with Crippen LogP contribution >= 0.6 is 22.9 Å². The molecule has 0 saturated heterocycles. The number of benzene rings is 1. The maximum atomic E-state index is 13.1. The summed E-state index contributed by atoms with van der Waals surface area (Å²) in [5.74, 6) is 0.617. The number of rotatable bonds is 4. The molecule has 18 heavy (non-hydrogen) atoms. The zero-order chi connectivity index (χ0) is 13.1. The first-order valence-electron chi connectivity index (χ1n) is 5.13. The van der Waals surface area contributed by atoms with Gasteiger partial charge in [-0.25, -0.2) is 0 Å². The van der Waals surface area contributed by atoms with Gasteiger partial charge in [-0.2, -0.15) is 0 Å². The molecule has 0 aliphatic heterocycles. The fraction of sp³-hybridized carbons (Fsp3) is 0.250. The Morgan fingerprint density at radius 1 is 1.50 bits per heavy atom. The molecule has 0 aliphatic carbocycles. The van der Waals surface area contributed by atoms with Crippen molar-refractivity contribution in [2.45, 2.75) is 13.5 Å². The van der Waals surface area contributed by atoms with Crippen LogP contribution in [0.1, 0.15) is 10.7 Å². The zero-order valence-corrected chi connectivity index (χ0v) is 13.6. The van der Waals surface area contributed by atoms with Crippen molar-refractivity contribution in [1.29, 1.82) is 0 Å². The van der Waals surface area contributed by atoms with Crippen LogP contribution in [-0.4, -0.2) is 9.91 Å². The van der Waals surface area contributed by atoms with E-state index in [1.54, 1.807) is 6.92 Å². The molecule has 1 heterocycles. The number of nitrogens with zero attached hydrogens (tertiary/aromatic N) is 1. The predicted octanol–water partition coefficient (Wildman–Crippen LogP) is 0.711. The third-order valence-electron chi connectivity index (χ3n) is 2.25. The second-order valence-electron chi connectivity index (χ2n) is 3.52. The molecule has 0 unspecified atom stereocenters. The van der Waals surface area contributed by atoms with Crippen LogP contribution < -0.4 is 25.9 Å². The molecule has 0 fully saturated rings. The van der Waals surface area contributed by atoms with E-state index in [1.807, 2.05) is 18.2 Å². The quantitative estimate of drug-likeness (QED) is 0.559. The predicted molar refractivity (Wildman–Crippen MR) is 67.2 cm³/mol. The molecule has 0 bridgehead atoms. The Morgan fingerprint density at radius 3 is 2.83 bits per heavy atom. The summed E-state index contributed by atoms with van der Waals surface area (Å²) in [6, 6.07) is 5.80. The van der Waals surface area contributed by atoms with Gasteiger partial charge in [0.25, 0.3) is 0 Å². The van der Waals surface area contributed by atoms with Gasteiger partial charge >= 0.3 is 125 Å². The molecule has 0 atom stereocenters. The standard InChI is InChI=1S/C12H11ClFINOS/c1-7-12(14)18-11(16-7)6-17-10-4-3-8(15-2)5-9(10)13/h3-5H,6H2,1-2H3/q-1. The summed E-state index contributed by atoms with van der Waals surface area (Å²) < 4.78 is 19.9. The van der Waals surface area contributed by atoms with Gasteiger partial charge in [-0.05, 0) is 0 Å². The van der Waals surface area contributed by atoms with Gasteiger partial charge in [-0.1, -0.05) is 0 Å². The van der Waals surface area contributed by atoms with Gasteiger partial charge in [-0.3, -0.25) is 0 Å². The zero-order valence-electron chi connectivity index (χ0n) is 9.84. The Kier molecular flexibility index (Phi) is 4.80. The summed E-state index contributed by atoms with van der Waals surface area (Å²) in [7, 11) is 0. The number of hydrogen-bond acceptors (Lipinski definition) is 3. The summed E-state index contributed by atoms with van der Waals surface area (Å²) in [6.07, 6.45) is 0. The molecule has 0 saturated carbocycles. The van der Waals surface area contributed by atoms with E-state index >= 15 is 0 Å². The third kappa shape index (κ3) is 3.33. The first-order valence-corrected chi connectivity index (χ1v) is 9.57. The molecule has 0 N–H and O–H groups in total. The van der Waals surface area contributed by atoms with E-state index in [9.17, 15) is 4.39 Å². The van der Waals surface area contributed by atoms with Crippen LogP contribution in [0.2, 0.25) is 5.02 Å². The number of hydrogen-bond donors (Lipinski definition) is 0. The molecule has 2 aromatic rings. The molecular formula is C12H11ClFINOS-. The minimum absolute atomic E-state index is 0.0245. The average Bonchev–Trinajstić information content (AvgIpc) is 2.67. The van der Waals surface area contributed by atoms with Crippen LogP contribution in [0.25, 0.3) is 0 Å². The maximum absolute atomic E-state index is 13.1. The molecule has 6 heteroatoms. The Balaban J connectivity index is 2.06. The number of ether oxygens (including phenoxy) is 1. The van der Waals surface area contributed by atoms with Gasteiger partial charge in [0.05, 0.1) is 0 Å². The Hall–Kier alpha value is -0.400. The number of thiazole rings is 1. The van der Waals surface area contributed by atoms with Crippen molar-refractivity contribution in [2.75, 3.05) is 4.93 Å². The van der Waals surface area contributed by atoms with Gasteiger partial charge in [-0.15, -0.1) is 0 Å². The second-order valence-corrected chi connectivity index (χ2v) is 7.28. The first kappa shape index (κ1) is 14.0. The molecule has 2 rings (SSSR count). The van der Waals surface area contributed by atoms with Crippen molar-refractivity contribution in [3.05, 3.63) is 42.6 Å². The van der Waals surface area contributed by atoms with Crippen molar-refractivity contribution in [3.63, 3.8) is 0 Å². The molecule has 1 aromatic heterocycles. The van der Waals surface area contributed by atoms with Crippen molar-refractivity contribution in [1.82, 2.24) is 4.98 Å². The van der Waals surface area contributed by atoms with E-state index in [-0.39, 0.29) is 32.9 Å². The Labute approximate surface area is 124 Å². The number of aromatic nitrogens is 1. The minimum atomic E-state index is -0.259. The van der Waals surface area contributed by atoms with Crippen LogP contribution in [0.4, 0.5) is 4.39 Å². The fourth-order valence-corrected chi connectivity index (χ4v) is 3.62. The summed E-state index contributed by atoms with van der Waals surface area (Å²) in [5.41, 5.74) is 0.413. The van der Waals surface area contributed by atoms with Gasteiger partial charge in [0.1, 0.15) is 0 Å². The first-order chi connectivity index (χ1) is 8.60. The van der Waals surface area contributed by atoms with E-state index in [0.29, 0.717) is 21.5 Å². The SMILES string of the molecule is C[I-]c1ccc(OCc2nc(C)c(F)s2)c(Cl)c1. The van der Waals surface area contributed by atoms with Crippen molar-refractivity contribution in [2.24, 2.45) is 0 Å².